The van der Waals surface area contributed by atoms with Crippen molar-refractivity contribution in [3.63, 3.8) is 0 Å². The summed E-state index contributed by atoms with van der Waals surface area (Å²) in [4.78, 5) is 23.9. The third-order valence-corrected chi connectivity index (χ3v) is 2.41. The number of halogens is 2. The van der Waals surface area contributed by atoms with E-state index in [9.17, 15) is 14.0 Å². The Labute approximate surface area is 95.0 Å². The van der Waals surface area contributed by atoms with Gasteiger partial charge in [0.2, 0.25) is 0 Å². The van der Waals surface area contributed by atoms with Crippen molar-refractivity contribution in [3.8, 4) is 0 Å². The summed E-state index contributed by atoms with van der Waals surface area (Å²) in [5.74, 6) is -2.30. The molecule has 0 heterocycles. The molecule has 0 bridgehead atoms. The van der Waals surface area contributed by atoms with Gasteiger partial charge in [0.1, 0.15) is 5.82 Å². The summed E-state index contributed by atoms with van der Waals surface area (Å²) in [5.41, 5.74) is -0.219. The largest absolute Gasteiger partial charge is 0.342 e. The molecular weight excluding hydrogens is 265 g/mol. The maximum atomic E-state index is 13.4. The summed E-state index contributed by atoms with van der Waals surface area (Å²) in [7, 11) is 2.88. The molecule has 1 rings (SSSR count). The number of likely N-dealkylation sites (N-methyl/N-ethyl adjacent to an activating group) is 1. The van der Waals surface area contributed by atoms with Crippen LogP contribution in [0.25, 0.3) is 0 Å². The molecule has 0 unspecified atom stereocenters. The van der Waals surface area contributed by atoms with Crippen molar-refractivity contribution in [3.05, 3.63) is 34.1 Å². The van der Waals surface area contributed by atoms with Crippen LogP contribution in [0.15, 0.2) is 22.7 Å². The van der Waals surface area contributed by atoms with Crippen molar-refractivity contribution in [2.45, 2.75) is 0 Å². The van der Waals surface area contributed by atoms with Crippen molar-refractivity contribution in [2.75, 3.05) is 14.1 Å². The van der Waals surface area contributed by atoms with Gasteiger partial charge in [-0.25, -0.2) is 4.39 Å². The van der Waals surface area contributed by atoms with Gasteiger partial charge in [-0.2, -0.15) is 0 Å². The highest BCUT2D eigenvalue weighted by molar-refractivity contribution is 9.10. The summed E-state index contributed by atoms with van der Waals surface area (Å²) >= 11 is 2.95. The van der Waals surface area contributed by atoms with E-state index in [1.165, 1.54) is 32.3 Å². The molecule has 0 saturated heterocycles. The average Bonchev–Trinajstić information content (AvgIpc) is 2.20. The predicted molar refractivity (Wildman–Crippen MR) is 57.1 cm³/mol. The van der Waals surface area contributed by atoms with Crippen LogP contribution in [0.2, 0.25) is 0 Å². The van der Waals surface area contributed by atoms with Crippen molar-refractivity contribution < 1.29 is 14.0 Å². The Morgan fingerprint density at radius 2 is 1.93 bits per heavy atom. The number of carbonyl (C=O) groups excluding carboxylic acids is 2. The van der Waals surface area contributed by atoms with Crippen molar-refractivity contribution in [2.24, 2.45) is 0 Å². The molecule has 5 heteroatoms. The van der Waals surface area contributed by atoms with Gasteiger partial charge in [0, 0.05) is 14.1 Å². The van der Waals surface area contributed by atoms with Gasteiger partial charge in [0.15, 0.2) is 0 Å². The summed E-state index contributed by atoms with van der Waals surface area (Å²) in [6, 6.07) is 4.25. The minimum Gasteiger partial charge on any atom is -0.342 e. The molecule has 0 fully saturated rings. The van der Waals surface area contributed by atoms with E-state index in [0.717, 1.165) is 4.90 Å². The molecule has 0 N–H and O–H groups in total. The lowest BCUT2D eigenvalue weighted by Gasteiger charge is -2.09. The highest BCUT2D eigenvalue weighted by Gasteiger charge is 2.22. The molecule has 1 amide bonds. The monoisotopic (exact) mass is 273 g/mol. The van der Waals surface area contributed by atoms with Gasteiger partial charge in [-0.15, -0.1) is 0 Å². The maximum absolute atomic E-state index is 13.4. The van der Waals surface area contributed by atoms with Crippen LogP contribution in [0.5, 0.6) is 0 Å². The zero-order valence-corrected chi connectivity index (χ0v) is 9.84. The van der Waals surface area contributed by atoms with Crippen LogP contribution in [0.3, 0.4) is 0 Å². The first-order chi connectivity index (χ1) is 6.95. The molecule has 0 radical (unpaired) electrons. The molecule has 1 aromatic rings. The summed E-state index contributed by atoms with van der Waals surface area (Å²) in [6.07, 6.45) is 0. The first-order valence-electron chi connectivity index (χ1n) is 4.15. The third kappa shape index (κ3) is 2.41. The highest BCUT2D eigenvalue weighted by atomic mass is 79.9. The molecule has 1 aromatic carbocycles. The molecule has 15 heavy (non-hydrogen) atoms. The number of rotatable bonds is 2. The van der Waals surface area contributed by atoms with E-state index < -0.39 is 17.5 Å². The fourth-order valence-electron chi connectivity index (χ4n) is 0.997. The van der Waals surface area contributed by atoms with Crippen LogP contribution in [-0.4, -0.2) is 30.7 Å². The van der Waals surface area contributed by atoms with Gasteiger partial charge < -0.3 is 4.90 Å². The van der Waals surface area contributed by atoms with Gasteiger partial charge in [-0.05, 0) is 28.1 Å². The minimum atomic E-state index is -0.848. The number of amides is 1. The zero-order valence-electron chi connectivity index (χ0n) is 8.25. The smallest absolute Gasteiger partial charge is 0.294 e. The van der Waals surface area contributed by atoms with Gasteiger partial charge in [-0.1, -0.05) is 6.07 Å². The number of hydrogen-bond donors (Lipinski definition) is 0. The normalized spacial score (nSPS) is 9.87. The SMILES string of the molecule is CN(C)C(=O)C(=O)c1cccc(Br)c1F. The Morgan fingerprint density at radius 3 is 2.47 bits per heavy atom. The lowest BCUT2D eigenvalue weighted by Crippen LogP contribution is -2.30. The molecular formula is C10H9BrFNO2. The Balaban J connectivity index is 3.12. The Hall–Kier alpha value is -1.23. The van der Waals surface area contributed by atoms with Crippen LogP contribution >= 0.6 is 15.9 Å². The van der Waals surface area contributed by atoms with Crippen molar-refractivity contribution in [1.29, 1.82) is 0 Å². The number of hydrogen-bond acceptors (Lipinski definition) is 2. The van der Waals surface area contributed by atoms with E-state index in [1.54, 1.807) is 0 Å². The molecule has 0 atom stereocenters. The van der Waals surface area contributed by atoms with E-state index in [1.807, 2.05) is 0 Å². The van der Waals surface area contributed by atoms with Crippen LogP contribution < -0.4 is 0 Å². The van der Waals surface area contributed by atoms with Gasteiger partial charge in [-0.3, -0.25) is 9.59 Å². The topological polar surface area (TPSA) is 37.4 Å². The van der Waals surface area contributed by atoms with Crippen LogP contribution in [0.4, 0.5) is 4.39 Å². The summed E-state index contributed by atoms with van der Waals surface area (Å²) in [5, 5.41) is 0. The third-order valence-electron chi connectivity index (χ3n) is 1.80. The van der Waals surface area contributed by atoms with Crippen LogP contribution in [-0.2, 0) is 4.79 Å². The van der Waals surface area contributed by atoms with Crippen molar-refractivity contribution >= 4 is 27.6 Å². The molecule has 0 aliphatic heterocycles. The Kier molecular flexibility index (Phi) is 3.57. The Morgan fingerprint density at radius 1 is 1.33 bits per heavy atom. The second-order valence-electron chi connectivity index (χ2n) is 3.13. The van der Waals surface area contributed by atoms with E-state index in [2.05, 4.69) is 15.9 Å². The first-order valence-corrected chi connectivity index (χ1v) is 4.94. The number of Topliss-reactive ketones (excluding diaryl/α,β-unsaturated/α-hetero) is 1. The minimum absolute atomic E-state index is 0.167. The summed E-state index contributed by atoms with van der Waals surface area (Å²) in [6.45, 7) is 0. The number of ketones is 1. The number of nitrogens with zero attached hydrogens (tertiary/aromatic N) is 1. The van der Waals surface area contributed by atoms with Crippen molar-refractivity contribution in [1.82, 2.24) is 4.90 Å². The fraction of sp³-hybridized carbons (Fsp3) is 0.200. The maximum Gasteiger partial charge on any atom is 0.294 e. The molecule has 80 valence electrons. The van der Waals surface area contributed by atoms with E-state index in [4.69, 9.17) is 0 Å². The lowest BCUT2D eigenvalue weighted by molar-refractivity contribution is -0.124. The van der Waals surface area contributed by atoms with Gasteiger partial charge >= 0.3 is 0 Å². The first kappa shape index (κ1) is 11.8. The summed E-state index contributed by atoms with van der Waals surface area (Å²) < 4.78 is 13.6. The molecule has 0 aromatic heterocycles. The molecule has 0 saturated carbocycles. The number of benzene rings is 1. The van der Waals surface area contributed by atoms with Gasteiger partial charge in [0.25, 0.3) is 11.7 Å². The fourth-order valence-corrected chi connectivity index (χ4v) is 1.36. The second kappa shape index (κ2) is 4.53. The average molecular weight is 274 g/mol. The molecule has 0 aliphatic carbocycles. The highest BCUT2D eigenvalue weighted by Crippen LogP contribution is 2.19. The molecule has 0 spiro atoms. The van der Waals surface area contributed by atoms with E-state index in [0.29, 0.717) is 0 Å². The van der Waals surface area contributed by atoms with E-state index in [-0.39, 0.29) is 10.0 Å². The van der Waals surface area contributed by atoms with Gasteiger partial charge in [0.05, 0.1) is 10.0 Å². The lowest BCUT2D eigenvalue weighted by atomic mass is 10.1. The predicted octanol–water partition coefficient (Wildman–Crippen LogP) is 1.86. The number of carbonyl (C=O) groups is 2. The van der Waals surface area contributed by atoms with Crippen LogP contribution in [0, 0.1) is 5.82 Å². The zero-order chi connectivity index (χ0) is 11.6. The standard InChI is InChI=1S/C10H9BrFNO2/c1-13(2)10(15)9(14)6-4-3-5-7(11)8(6)12/h3-5H,1-2H3. The quantitative estimate of drug-likeness (QED) is 0.609. The second-order valence-corrected chi connectivity index (χ2v) is 3.98. The Bertz CT molecular complexity index is 418. The molecule has 3 nitrogen and oxygen atoms in total. The van der Waals surface area contributed by atoms with E-state index >= 15 is 0 Å². The van der Waals surface area contributed by atoms with Crippen LogP contribution in [0.1, 0.15) is 10.4 Å². The molecule has 0 aliphatic rings.